The number of carbonyl (C=O) groups excluding carboxylic acids is 1. The standard InChI is InChI=1S/C29H41AsN4O4S/c1-20(35)17-30-18-21-6-4-7-23(14-21)24-15-25-27(19-32-28(25)26(16-24)29(31)36)22-8-11-34(12-9-22)39(37,38)13-5-10-33(2)3/h4,6-7,14-16,19-20,22,30,32,35H,5,8-13,17-18H2,1-3H3,(H2,31,36)/t20-/m0/s1. The second-order valence-corrected chi connectivity index (χ2v) is 15.6. The van der Waals surface area contributed by atoms with Gasteiger partial charge in [0.1, 0.15) is 0 Å². The number of H-pyrrole nitrogens is 1. The summed E-state index contributed by atoms with van der Waals surface area (Å²) in [7, 11) is 0.637. The Labute approximate surface area is 238 Å². The van der Waals surface area contributed by atoms with Crippen LogP contribution >= 0.6 is 0 Å². The van der Waals surface area contributed by atoms with Crippen LogP contribution in [0.15, 0.2) is 42.6 Å². The molecule has 4 rings (SSSR count). The van der Waals surface area contributed by atoms with Crippen LogP contribution in [-0.4, -0.2) is 95.0 Å². The van der Waals surface area contributed by atoms with Crippen LogP contribution in [0.2, 0.25) is 5.21 Å². The number of hydrogen-bond donors (Lipinski definition) is 3. The molecule has 2 aromatic carbocycles. The first kappa shape index (κ1) is 29.8. The van der Waals surface area contributed by atoms with E-state index in [0.29, 0.717) is 25.1 Å². The quantitative estimate of drug-likeness (QED) is 0.270. The fourth-order valence-corrected chi connectivity index (χ4v) is 9.14. The molecule has 10 heteroatoms. The number of aromatic nitrogens is 1. The molecule has 1 amide bonds. The molecule has 0 bridgehead atoms. The van der Waals surface area contributed by atoms with Gasteiger partial charge >= 0.3 is 183 Å². The van der Waals surface area contributed by atoms with Crippen molar-refractivity contribution in [2.45, 2.75) is 48.6 Å². The summed E-state index contributed by atoms with van der Waals surface area (Å²) < 4.78 is 27.4. The molecule has 2 atom stereocenters. The van der Waals surface area contributed by atoms with E-state index >= 15 is 0 Å². The summed E-state index contributed by atoms with van der Waals surface area (Å²) in [4.78, 5) is 17.7. The Morgan fingerprint density at radius 3 is 2.62 bits per heavy atom. The molecule has 39 heavy (non-hydrogen) atoms. The van der Waals surface area contributed by atoms with Crippen molar-refractivity contribution in [3.8, 4) is 11.1 Å². The molecular weight excluding hydrogens is 575 g/mol. The number of fused-ring (bicyclic) bond motifs is 1. The maximum absolute atomic E-state index is 12.9. The van der Waals surface area contributed by atoms with Gasteiger partial charge in [-0.1, -0.05) is 0 Å². The number of rotatable bonds is 12. The molecule has 0 saturated carbocycles. The van der Waals surface area contributed by atoms with Crippen LogP contribution in [0.5, 0.6) is 0 Å². The number of nitrogens with one attached hydrogen (secondary N) is 1. The first-order valence-electron chi connectivity index (χ1n) is 13.6. The number of aliphatic hydroxyl groups is 1. The van der Waals surface area contributed by atoms with Crippen LogP contribution in [0.4, 0.5) is 0 Å². The first-order chi connectivity index (χ1) is 18.5. The Kier molecular flexibility index (Phi) is 9.94. The number of nitrogens with zero attached hydrogens (tertiary/aromatic N) is 2. The zero-order valence-corrected chi connectivity index (χ0v) is 26.0. The summed E-state index contributed by atoms with van der Waals surface area (Å²) in [5.74, 6) is -0.108. The monoisotopic (exact) mass is 616 g/mol. The van der Waals surface area contributed by atoms with E-state index in [1.807, 2.05) is 44.2 Å². The topological polar surface area (TPSA) is 120 Å². The zero-order valence-electron chi connectivity index (χ0n) is 23.1. The van der Waals surface area contributed by atoms with Crippen molar-refractivity contribution in [3.63, 3.8) is 0 Å². The van der Waals surface area contributed by atoms with E-state index in [1.165, 1.54) is 5.56 Å². The Morgan fingerprint density at radius 1 is 1.21 bits per heavy atom. The van der Waals surface area contributed by atoms with E-state index in [0.717, 1.165) is 57.4 Å². The van der Waals surface area contributed by atoms with Crippen LogP contribution in [-0.2, 0) is 15.2 Å². The third kappa shape index (κ3) is 7.53. The van der Waals surface area contributed by atoms with E-state index in [1.54, 1.807) is 4.31 Å². The number of primary amides is 1. The summed E-state index contributed by atoms with van der Waals surface area (Å²) in [6, 6.07) is 12.4. The van der Waals surface area contributed by atoms with Crippen molar-refractivity contribution in [1.82, 2.24) is 14.2 Å². The van der Waals surface area contributed by atoms with Gasteiger partial charge in [0, 0.05) is 0 Å². The van der Waals surface area contributed by atoms with Crippen molar-refractivity contribution in [2.75, 3.05) is 39.5 Å². The maximum atomic E-state index is 12.9. The minimum absolute atomic E-state index is 0.175. The Balaban J connectivity index is 1.56. The van der Waals surface area contributed by atoms with Gasteiger partial charge in [-0.2, -0.15) is 0 Å². The second-order valence-electron chi connectivity index (χ2n) is 10.9. The molecule has 1 aliphatic heterocycles. The molecule has 0 aliphatic carbocycles. The summed E-state index contributed by atoms with van der Waals surface area (Å²) in [6.07, 6.45) is 3.80. The number of nitrogens with two attached hydrogens (primary N) is 1. The number of carbonyl (C=O) groups is 1. The molecule has 2 heterocycles. The predicted octanol–water partition coefficient (Wildman–Crippen LogP) is 3.13. The van der Waals surface area contributed by atoms with Gasteiger partial charge in [0.05, 0.1) is 5.75 Å². The summed E-state index contributed by atoms with van der Waals surface area (Å²) in [5, 5.41) is 12.5. The van der Waals surface area contributed by atoms with E-state index in [2.05, 4.69) is 29.2 Å². The number of sulfonamides is 1. The molecule has 1 fully saturated rings. The first-order valence-corrected chi connectivity index (χ1v) is 18.2. The van der Waals surface area contributed by atoms with Crippen molar-refractivity contribution < 1.29 is 18.3 Å². The van der Waals surface area contributed by atoms with Crippen molar-refractivity contribution in [1.29, 1.82) is 0 Å². The van der Waals surface area contributed by atoms with Crippen molar-refractivity contribution in [2.24, 2.45) is 5.73 Å². The molecule has 1 aliphatic rings. The molecule has 1 unspecified atom stereocenters. The van der Waals surface area contributed by atoms with Crippen LogP contribution < -0.4 is 5.73 Å². The van der Waals surface area contributed by atoms with Gasteiger partial charge in [-0.3, -0.25) is 0 Å². The molecular formula is C29H41AsN4O4S. The molecule has 0 spiro atoms. The van der Waals surface area contributed by atoms with Gasteiger partial charge in [0.25, 0.3) is 0 Å². The SMILES string of the molecule is C[C@H](O)C[AsH]Cc1cccc(-c2cc(C(N)=O)c3[nH]cc(C4CCN(S(=O)(=O)CCCN(C)C)CC4)c3c2)c1. The van der Waals surface area contributed by atoms with Gasteiger partial charge in [-0.25, -0.2) is 8.42 Å². The number of aromatic amines is 1. The van der Waals surface area contributed by atoms with Gasteiger partial charge in [-0.05, 0) is 27.1 Å². The number of piperidine rings is 1. The number of benzene rings is 2. The predicted molar refractivity (Wildman–Crippen MR) is 160 cm³/mol. The zero-order chi connectivity index (χ0) is 28.2. The van der Waals surface area contributed by atoms with Gasteiger partial charge in [-0.15, -0.1) is 0 Å². The Morgan fingerprint density at radius 2 is 1.95 bits per heavy atom. The van der Waals surface area contributed by atoms with Crippen LogP contribution in [0.3, 0.4) is 0 Å². The van der Waals surface area contributed by atoms with E-state index < -0.39 is 15.9 Å². The van der Waals surface area contributed by atoms with E-state index in [9.17, 15) is 18.3 Å². The van der Waals surface area contributed by atoms with Crippen LogP contribution in [0, 0.1) is 0 Å². The normalized spacial score (nSPS) is 16.5. The molecule has 0 radical (unpaired) electrons. The van der Waals surface area contributed by atoms with Crippen molar-refractivity contribution >= 4 is 42.6 Å². The summed E-state index contributed by atoms with van der Waals surface area (Å²) in [5.41, 5.74) is 11.3. The molecule has 1 saturated heterocycles. The average Bonchev–Trinajstić information content (AvgIpc) is 3.32. The number of hydrogen-bond acceptors (Lipinski definition) is 5. The average molecular weight is 617 g/mol. The summed E-state index contributed by atoms with van der Waals surface area (Å²) in [6.45, 7) is 3.59. The van der Waals surface area contributed by atoms with Gasteiger partial charge < -0.3 is 4.90 Å². The fraction of sp³-hybridized carbons (Fsp3) is 0.483. The molecule has 1 aromatic heterocycles. The minimum atomic E-state index is -3.26. The molecule has 4 N–H and O–H groups in total. The number of amides is 1. The van der Waals surface area contributed by atoms with Gasteiger partial charge in [0.2, 0.25) is 10.0 Å². The Hall–Kier alpha value is -2.16. The Bertz CT molecular complexity index is 1400. The van der Waals surface area contributed by atoms with Crippen molar-refractivity contribution in [3.05, 3.63) is 59.3 Å². The van der Waals surface area contributed by atoms with E-state index in [-0.39, 0.29) is 33.5 Å². The van der Waals surface area contributed by atoms with Gasteiger partial charge in [0.15, 0.2) is 0 Å². The third-order valence-corrected chi connectivity index (χ3v) is 12.6. The fourth-order valence-electron chi connectivity index (χ4n) is 5.38. The number of aliphatic hydroxyl groups excluding tert-OH is 1. The second kappa shape index (κ2) is 13.0. The third-order valence-electron chi connectivity index (χ3n) is 7.41. The molecule has 8 nitrogen and oxygen atoms in total. The summed E-state index contributed by atoms with van der Waals surface area (Å²) >= 11 is -0.267. The van der Waals surface area contributed by atoms with Crippen LogP contribution in [0.1, 0.15) is 53.6 Å². The van der Waals surface area contributed by atoms with Crippen LogP contribution in [0.25, 0.3) is 22.0 Å². The molecule has 212 valence electrons. The molecule has 3 aromatic rings. The van der Waals surface area contributed by atoms with E-state index in [4.69, 9.17) is 5.73 Å².